The molecule has 2 aromatic rings. The summed E-state index contributed by atoms with van der Waals surface area (Å²) in [5.74, 6) is 2.81. The second kappa shape index (κ2) is 9.85. The fourth-order valence-electron chi connectivity index (χ4n) is 2.59. The number of hydrogen-bond acceptors (Lipinski definition) is 4. The highest BCUT2D eigenvalue weighted by molar-refractivity contribution is 5.79. The normalized spacial score (nSPS) is 11.7. The molecular formula is C20H30N4O2. The van der Waals surface area contributed by atoms with Crippen molar-refractivity contribution in [3.63, 3.8) is 0 Å². The van der Waals surface area contributed by atoms with Crippen LogP contribution in [0, 0.1) is 6.92 Å². The van der Waals surface area contributed by atoms with E-state index in [1.807, 2.05) is 19.1 Å². The third-order valence-electron chi connectivity index (χ3n) is 4.03. The number of methoxy groups -OCH3 is 1. The Balaban J connectivity index is 1.94. The Morgan fingerprint density at radius 3 is 2.73 bits per heavy atom. The summed E-state index contributed by atoms with van der Waals surface area (Å²) < 4.78 is 10.8. The summed E-state index contributed by atoms with van der Waals surface area (Å²) in [6, 6.07) is 8.20. The van der Waals surface area contributed by atoms with Crippen LogP contribution in [0.3, 0.4) is 0 Å². The van der Waals surface area contributed by atoms with Gasteiger partial charge in [-0.2, -0.15) is 0 Å². The van der Waals surface area contributed by atoms with E-state index < -0.39 is 0 Å². The van der Waals surface area contributed by atoms with E-state index in [9.17, 15) is 0 Å². The van der Waals surface area contributed by atoms with Crippen LogP contribution in [0.4, 0.5) is 0 Å². The molecule has 1 aromatic carbocycles. The number of hydrogen-bond donors (Lipinski definition) is 2. The molecule has 0 saturated carbocycles. The lowest BCUT2D eigenvalue weighted by molar-refractivity contribution is 0.376. The van der Waals surface area contributed by atoms with E-state index in [0.717, 1.165) is 42.7 Å². The zero-order valence-electron chi connectivity index (χ0n) is 16.4. The first-order valence-electron chi connectivity index (χ1n) is 9.14. The predicted octanol–water partition coefficient (Wildman–Crippen LogP) is 3.41. The van der Waals surface area contributed by atoms with Gasteiger partial charge in [0.2, 0.25) is 0 Å². The van der Waals surface area contributed by atoms with E-state index in [2.05, 4.69) is 53.7 Å². The molecule has 1 aromatic heterocycles. The van der Waals surface area contributed by atoms with Crippen LogP contribution in [0.15, 0.2) is 33.8 Å². The molecule has 0 radical (unpaired) electrons. The Morgan fingerprint density at radius 2 is 2.08 bits per heavy atom. The molecule has 2 N–H and O–H groups in total. The number of aromatic nitrogens is 1. The molecule has 0 aliphatic heterocycles. The van der Waals surface area contributed by atoms with Crippen LogP contribution in [0.5, 0.6) is 5.75 Å². The molecule has 26 heavy (non-hydrogen) atoms. The maximum absolute atomic E-state index is 5.44. The minimum Gasteiger partial charge on any atom is -0.496 e. The number of benzene rings is 1. The average Bonchev–Trinajstić information content (AvgIpc) is 3.09. The Bertz CT molecular complexity index is 722. The molecule has 2 rings (SSSR count). The largest absolute Gasteiger partial charge is 0.496 e. The second-order valence-electron chi connectivity index (χ2n) is 6.56. The molecule has 0 saturated heterocycles. The van der Waals surface area contributed by atoms with Crippen molar-refractivity contribution in [1.82, 2.24) is 15.8 Å². The average molecular weight is 358 g/mol. The van der Waals surface area contributed by atoms with Crippen molar-refractivity contribution in [2.24, 2.45) is 4.99 Å². The van der Waals surface area contributed by atoms with Crippen LogP contribution in [-0.4, -0.2) is 31.3 Å². The van der Waals surface area contributed by atoms with Crippen LogP contribution < -0.4 is 15.4 Å². The highest BCUT2D eigenvalue weighted by atomic mass is 16.5. The summed E-state index contributed by atoms with van der Waals surface area (Å²) in [5, 5.41) is 10.7. The Hall–Kier alpha value is -2.50. The van der Waals surface area contributed by atoms with E-state index in [1.165, 1.54) is 11.1 Å². The topological polar surface area (TPSA) is 71.7 Å². The van der Waals surface area contributed by atoms with Gasteiger partial charge in [0.1, 0.15) is 12.3 Å². The number of aryl methyl sites for hydroxylation is 1. The van der Waals surface area contributed by atoms with Gasteiger partial charge in [0, 0.05) is 19.2 Å². The van der Waals surface area contributed by atoms with E-state index in [-0.39, 0.29) is 0 Å². The fraction of sp³-hybridized carbons (Fsp3) is 0.500. The molecular weight excluding hydrogens is 328 g/mol. The van der Waals surface area contributed by atoms with Gasteiger partial charge >= 0.3 is 0 Å². The molecule has 0 bridgehead atoms. The molecule has 6 heteroatoms. The lowest BCUT2D eigenvalue weighted by Gasteiger charge is -2.13. The third kappa shape index (κ3) is 5.79. The van der Waals surface area contributed by atoms with Gasteiger partial charge in [0.05, 0.1) is 12.8 Å². The van der Waals surface area contributed by atoms with Crippen molar-refractivity contribution in [1.29, 1.82) is 0 Å². The van der Waals surface area contributed by atoms with Gasteiger partial charge in [-0.3, -0.25) is 0 Å². The summed E-state index contributed by atoms with van der Waals surface area (Å²) in [7, 11) is 1.70. The Kier molecular flexibility index (Phi) is 7.51. The third-order valence-corrected chi connectivity index (χ3v) is 4.03. The standard InChI is InChI=1S/C20H30N4O2/c1-6-21-20(23-13-17-12-18(14(2)3)24-26-17)22-10-9-16-11-15(4)7-8-19(16)25-5/h7-8,11-12,14H,6,9-10,13H2,1-5H3,(H2,21,22,23). The zero-order valence-corrected chi connectivity index (χ0v) is 16.4. The van der Waals surface area contributed by atoms with Gasteiger partial charge in [0.15, 0.2) is 11.7 Å². The molecule has 0 amide bonds. The highest BCUT2D eigenvalue weighted by Crippen LogP contribution is 2.19. The summed E-state index contributed by atoms with van der Waals surface area (Å²) in [6.45, 7) is 10.3. The minimum atomic E-state index is 0.354. The van der Waals surface area contributed by atoms with Gasteiger partial charge in [-0.05, 0) is 37.8 Å². The smallest absolute Gasteiger partial charge is 0.191 e. The van der Waals surface area contributed by atoms with E-state index >= 15 is 0 Å². The molecule has 1 heterocycles. The number of nitrogens with one attached hydrogen (secondary N) is 2. The molecule has 0 spiro atoms. The van der Waals surface area contributed by atoms with Crippen molar-refractivity contribution in [2.45, 2.75) is 46.6 Å². The van der Waals surface area contributed by atoms with Crippen LogP contribution >= 0.6 is 0 Å². The lowest BCUT2D eigenvalue weighted by atomic mass is 10.1. The minimum absolute atomic E-state index is 0.354. The predicted molar refractivity (Wildman–Crippen MR) is 105 cm³/mol. The molecule has 6 nitrogen and oxygen atoms in total. The van der Waals surface area contributed by atoms with Crippen LogP contribution in [0.2, 0.25) is 0 Å². The first-order chi connectivity index (χ1) is 12.5. The summed E-state index contributed by atoms with van der Waals surface area (Å²) in [5.41, 5.74) is 3.38. The number of aliphatic imine (C=N–C) groups is 1. The van der Waals surface area contributed by atoms with E-state index in [1.54, 1.807) is 7.11 Å². The number of rotatable bonds is 8. The fourth-order valence-corrected chi connectivity index (χ4v) is 2.59. The first kappa shape index (κ1) is 19.8. The second-order valence-corrected chi connectivity index (χ2v) is 6.56. The molecule has 0 unspecified atom stereocenters. The van der Waals surface area contributed by atoms with Crippen molar-refractivity contribution >= 4 is 5.96 Å². The monoisotopic (exact) mass is 358 g/mol. The first-order valence-corrected chi connectivity index (χ1v) is 9.14. The summed E-state index contributed by atoms with van der Waals surface area (Å²) in [6.07, 6.45) is 0.856. The Morgan fingerprint density at radius 1 is 1.27 bits per heavy atom. The van der Waals surface area contributed by atoms with Gasteiger partial charge < -0.3 is 19.9 Å². The SMILES string of the molecule is CCNC(=NCc1cc(C(C)C)no1)NCCc1cc(C)ccc1OC. The number of ether oxygens (including phenoxy) is 1. The van der Waals surface area contributed by atoms with Gasteiger partial charge in [-0.1, -0.05) is 36.7 Å². The summed E-state index contributed by atoms with van der Waals surface area (Å²) in [4.78, 5) is 4.58. The van der Waals surface area contributed by atoms with E-state index in [0.29, 0.717) is 12.5 Å². The van der Waals surface area contributed by atoms with Gasteiger partial charge in [-0.25, -0.2) is 4.99 Å². The molecule has 142 valence electrons. The van der Waals surface area contributed by atoms with Crippen molar-refractivity contribution in [3.05, 3.63) is 46.8 Å². The van der Waals surface area contributed by atoms with Crippen LogP contribution in [-0.2, 0) is 13.0 Å². The maximum Gasteiger partial charge on any atom is 0.191 e. The zero-order chi connectivity index (χ0) is 18.9. The molecule has 0 aliphatic rings. The highest BCUT2D eigenvalue weighted by Gasteiger charge is 2.08. The quantitative estimate of drug-likeness (QED) is 0.559. The maximum atomic E-state index is 5.44. The molecule has 0 atom stereocenters. The summed E-state index contributed by atoms with van der Waals surface area (Å²) >= 11 is 0. The molecule has 0 aliphatic carbocycles. The lowest BCUT2D eigenvalue weighted by Crippen LogP contribution is -2.38. The van der Waals surface area contributed by atoms with Crippen molar-refractivity contribution in [3.8, 4) is 5.75 Å². The van der Waals surface area contributed by atoms with Crippen LogP contribution in [0.25, 0.3) is 0 Å². The van der Waals surface area contributed by atoms with Crippen LogP contribution in [0.1, 0.15) is 49.3 Å². The van der Waals surface area contributed by atoms with Crippen molar-refractivity contribution in [2.75, 3.05) is 20.2 Å². The van der Waals surface area contributed by atoms with Crippen molar-refractivity contribution < 1.29 is 9.26 Å². The van der Waals surface area contributed by atoms with E-state index in [4.69, 9.17) is 9.26 Å². The van der Waals surface area contributed by atoms with Gasteiger partial charge in [-0.15, -0.1) is 0 Å². The number of nitrogens with zero attached hydrogens (tertiary/aromatic N) is 2. The number of guanidine groups is 1. The Labute approximate surface area is 156 Å². The molecule has 0 fully saturated rings. The van der Waals surface area contributed by atoms with Gasteiger partial charge in [0.25, 0.3) is 0 Å².